The number of amides is 1. The van der Waals surface area contributed by atoms with Crippen molar-refractivity contribution in [1.29, 1.82) is 0 Å². The predicted molar refractivity (Wildman–Crippen MR) is 93.8 cm³/mol. The van der Waals surface area contributed by atoms with E-state index >= 15 is 0 Å². The van der Waals surface area contributed by atoms with Gasteiger partial charge in [-0.05, 0) is 23.6 Å². The molecule has 10 heteroatoms. The summed E-state index contributed by atoms with van der Waals surface area (Å²) in [6.07, 6.45) is 0. The van der Waals surface area contributed by atoms with Crippen LogP contribution >= 0.6 is 11.3 Å². The highest BCUT2D eigenvalue weighted by atomic mass is 32.2. The maximum atomic E-state index is 12.6. The van der Waals surface area contributed by atoms with Crippen LogP contribution in [0.1, 0.15) is 16.6 Å². The Balaban J connectivity index is 2.36. The summed E-state index contributed by atoms with van der Waals surface area (Å²) >= 11 is 1.06. The number of methoxy groups -OCH3 is 2. The van der Waals surface area contributed by atoms with E-state index in [9.17, 15) is 18.0 Å². The molecule has 0 unspecified atom stereocenters. The van der Waals surface area contributed by atoms with Crippen molar-refractivity contribution in [3.63, 3.8) is 0 Å². The highest BCUT2D eigenvalue weighted by Gasteiger charge is 2.21. The minimum Gasteiger partial charge on any atom is -0.495 e. The van der Waals surface area contributed by atoms with Crippen LogP contribution in [-0.4, -0.2) is 34.5 Å². The quantitative estimate of drug-likeness (QED) is 0.740. The van der Waals surface area contributed by atoms with Crippen molar-refractivity contribution in [2.24, 2.45) is 0 Å². The number of ether oxygens (including phenoxy) is 2. The number of carbonyl (C=O) groups is 2. The molecule has 0 aliphatic heterocycles. The Kier molecular flexibility index (Phi) is 5.65. The third-order valence-electron chi connectivity index (χ3n) is 3.07. The Hall–Kier alpha value is -2.59. The third-order valence-corrected chi connectivity index (χ3v) is 5.33. The molecule has 2 N–H and O–H groups in total. The lowest BCUT2D eigenvalue weighted by Crippen LogP contribution is -2.15. The Morgan fingerprint density at radius 3 is 2.44 bits per heavy atom. The standard InChI is InChI=1S/C15H16N2O6S2/c1-9(18)16-11-5-4-10(8-13(11)22-2)25(20,21)17-12-6-7-24-14(12)15(19)23-3/h4-8,17H,1-3H3,(H,16,18). The van der Waals surface area contributed by atoms with Crippen molar-refractivity contribution < 1.29 is 27.5 Å². The number of anilines is 2. The maximum absolute atomic E-state index is 12.6. The van der Waals surface area contributed by atoms with E-state index in [0.29, 0.717) is 5.69 Å². The van der Waals surface area contributed by atoms with Gasteiger partial charge in [0.15, 0.2) is 0 Å². The highest BCUT2D eigenvalue weighted by molar-refractivity contribution is 7.92. The van der Waals surface area contributed by atoms with E-state index in [1.807, 2.05) is 0 Å². The average Bonchev–Trinajstić information content (AvgIpc) is 3.01. The lowest BCUT2D eigenvalue weighted by atomic mass is 10.3. The summed E-state index contributed by atoms with van der Waals surface area (Å²) in [5.74, 6) is -0.754. The smallest absolute Gasteiger partial charge is 0.350 e. The molecule has 2 rings (SSSR count). The van der Waals surface area contributed by atoms with Crippen molar-refractivity contribution in [2.45, 2.75) is 11.8 Å². The SMILES string of the molecule is COC(=O)c1sccc1NS(=O)(=O)c1ccc(NC(C)=O)c(OC)c1. The minimum atomic E-state index is -3.97. The van der Waals surface area contributed by atoms with E-state index < -0.39 is 16.0 Å². The lowest BCUT2D eigenvalue weighted by molar-refractivity contribution is -0.114. The van der Waals surface area contributed by atoms with Gasteiger partial charge in [-0.2, -0.15) is 0 Å². The van der Waals surface area contributed by atoms with Crippen molar-refractivity contribution in [3.05, 3.63) is 34.5 Å². The number of carbonyl (C=O) groups excluding carboxylic acids is 2. The van der Waals surface area contributed by atoms with Crippen LogP contribution in [0.4, 0.5) is 11.4 Å². The first-order valence-electron chi connectivity index (χ1n) is 6.92. The van der Waals surface area contributed by atoms with Gasteiger partial charge in [-0.15, -0.1) is 11.3 Å². The van der Waals surface area contributed by atoms with E-state index in [1.165, 1.54) is 45.4 Å². The second-order valence-corrected chi connectivity index (χ2v) is 7.40. The van der Waals surface area contributed by atoms with Crippen LogP contribution in [0.25, 0.3) is 0 Å². The van der Waals surface area contributed by atoms with Crippen LogP contribution in [0, 0.1) is 0 Å². The zero-order valence-electron chi connectivity index (χ0n) is 13.7. The van der Waals surface area contributed by atoms with Gasteiger partial charge in [0.05, 0.1) is 30.5 Å². The van der Waals surface area contributed by atoms with Gasteiger partial charge in [-0.1, -0.05) is 0 Å². The molecule has 8 nitrogen and oxygen atoms in total. The van der Waals surface area contributed by atoms with Gasteiger partial charge in [0.1, 0.15) is 10.6 Å². The fourth-order valence-corrected chi connectivity index (χ4v) is 3.89. The van der Waals surface area contributed by atoms with Crippen molar-refractivity contribution in [2.75, 3.05) is 24.3 Å². The monoisotopic (exact) mass is 384 g/mol. The second-order valence-electron chi connectivity index (χ2n) is 4.80. The second kappa shape index (κ2) is 7.53. The first-order valence-corrected chi connectivity index (χ1v) is 9.29. The van der Waals surface area contributed by atoms with Crippen molar-refractivity contribution >= 4 is 44.6 Å². The first kappa shape index (κ1) is 18.7. The number of benzene rings is 1. The van der Waals surface area contributed by atoms with Gasteiger partial charge in [-0.25, -0.2) is 13.2 Å². The number of hydrogen-bond acceptors (Lipinski definition) is 7. The average molecular weight is 384 g/mol. The van der Waals surface area contributed by atoms with Gasteiger partial charge in [0.2, 0.25) is 5.91 Å². The normalized spacial score (nSPS) is 10.8. The summed E-state index contributed by atoms with van der Waals surface area (Å²) in [4.78, 5) is 22.9. The fraction of sp³-hybridized carbons (Fsp3) is 0.200. The molecule has 0 saturated carbocycles. The van der Waals surface area contributed by atoms with Crippen LogP contribution in [0.3, 0.4) is 0 Å². The van der Waals surface area contributed by atoms with Crippen LogP contribution in [-0.2, 0) is 19.6 Å². The molecule has 0 bridgehead atoms. The molecule has 1 amide bonds. The molecule has 2 aromatic rings. The molecule has 0 radical (unpaired) electrons. The van der Waals surface area contributed by atoms with Gasteiger partial charge in [0.25, 0.3) is 10.0 Å². The summed E-state index contributed by atoms with van der Waals surface area (Å²) in [7, 11) is -1.40. The summed E-state index contributed by atoms with van der Waals surface area (Å²) in [5, 5.41) is 4.12. The summed E-state index contributed by atoms with van der Waals surface area (Å²) in [6.45, 7) is 1.33. The molecule has 0 atom stereocenters. The topological polar surface area (TPSA) is 111 Å². The van der Waals surface area contributed by atoms with E-state index in [0.717, 1.165) is 11.3 Å². The number of rotatable bonds is 6. The summed E-state index contributed by atoms with van der Waals surface area (Å²) in [5.41, 5.74) is 0.474. The lowest BCUT2D eigenvalue weighted by Gasteiger charge is -2.12. The fourth-order valence-electron chi connectivity index (χ4n) is 1.98. The van der Waals surface area contributed by atoms with E-state index in [-0.39, 0.29) is 27.1 Å². The molecule has 0 spiro atoms. The van der Waals surface area contributed by atoms with Crippen molar-refractivity contribution in [1.82, 2.24) is 0 Å². The third kappa shape index (κ3) is 4.28. The van der Waals surface area contributed by atoms with E-state index in [2.05, 4.69) is 14.8 Å². The number of sulfonamides is 1. The molecule has 1 aromatic heterocycles. The summed E-state index contributed by atoms with van der Waals surface area (Å²) < 4.78 is 37.2. The Bertz CT molecular complexity index is 904. The first-order chi connectivity index (χ1) is 11.8. The minimum absolute atomic E-state index is 0.0829. The molecular weight excluding hydrogens is 368 g/mol. The van der Waals surface area contributed by atoms with E-state index in [1.54, 1.807) is 5.38 Å². The Labute approximate surface area is 148 Å². The number of esters is 1. The molecule has 1 heterocycles. The molecule has 1 aromatic carbocycles. The molecule has 0 fully saturated rings. The molecule has 0 saturated heterocycles. The zero-order chi connectivity index (χ0) is 18.6. The van der Waals surface area contributed by atoms with Crippen LogP contribution < -0.4 is 14.8 Å². The molecule has 25 heavy (non-hydrogen) atoms. The van der Waals surface area contributed by atoms with Crippen LogP contribution in [0.2, 0.25) is 0 Å². The number of hydrogen-bond donors (Lipinski definition) is 2. The molecular formula is C15H16N2O6S2. The molecule has 134 valence electrons. The predicted octanol–water partition coefficient (Wildman–Crippen LogP) is 2.30. The Morgan fingerprint density at radius 1 is 1.12 bits per heavy atom. The van der Waals surface area contributed by atoms with Gasteiger partial charge >= 0.3 is 5.97 Å². The van der Waals surface area contributed by atoms with Crippen LogP contribution in [0.5, 0.6) is 5.75 Å². The van der Waals surface area contributed by atoms with Gasteiger partial charge in [0, 0.05) is 13.0 Å². The maximum Gasteiger partial charge on any atom is 0.350 e. The number of thiophene rings is 1. The highest BCUT2D eigenvalue weighted by Crippen LogP contribution is 2.30. The van der Waals surface area contributed by atoms with Crippen molar-refractivity contribution in [3.8, 4) is 5.75 Å². The molecule has 0 aliphatic carbocycles. The van der Waals surface area contributed by atoms with Crippen LogP contribution in [0.15, 0.2) is 34.5 Å². The molecule has 0 aliphatic rings. The number of nitrogens with one attached hydrogen (secondary N) is 2. The Morgan fingerprint density at radius 2 is 1.84 bits per heavy atom. The van der Waals surface area contributed by atoms with Gasteiger partial charge < -0.3 is 14.8 Å². The summed E-state index contributed by atoms with van der Waals surface area (Å²) in [6, 6.07) is 5.49. The largest absolute Gasteiger partial charge is 0.495 e. The van der Waals surface area contributed by atoms with E-state index in [4.69, 9.17) is 4.74 Å². The van der Waals surface area contributed by atoms with Gasteiger partial charge in [-0.3, -0.25) is 9.52 Å². The zero-order valence-corrected chi connectivity index (χ0v) is 15.3.